The second-order valence-corrected chi connectivity index (χ2v) is 7.45. The van der Waals surface area contributed by atoms with E-state index in [2.05, 4.69) is 30.4 Å². The lowest BCUT2D eigenvalue weighted by molar-refractivity contribution is -0.123. The first kappa shape index (κ1) is 23.3. The molecule has 1 amide bonds. The maximum Gasteiger partial charge on any atom is 0.237 e. The van der Waals surface area contributed by atoms with Crippen LogP contribution in [0.3, 0.4) is 0 Å². The van der Waals surface area contributed by atoms with Gasteiger partial charge in [-0.3, -0.25) is 4.79 Å². The molecular formula is C21H29ClN2O2S. The lowest BCUT2D eigenvalue weighted by Crippen LogP contribution is -2.41. The lowest BCUT2D eigenvalue weighted by Gasteiger charge is -2.18. The van der Waals surface area contributed by atoms with Gasteiger partial charge < -0.3 is 15.8 Å². The van der Waals surface area contributed by atoms with Crippen LogP contribution < -0.4 is 15.8 Å². The first-order chi connectivity index (χ1) is 12.5. The quantitative estimate of drug-likeness (QED) is 0.650. The van der Waals surface area contributed by atoms with E-state index in [0.29, 0.717) is 13.0 Å². The van der Waals surface area contributed by atoms with Crippen molar-refractivity contribution in [2.45, 2.75) is 39.0 Å². The van der Waals surface area contributed by atoms with E-state index in [1.807, 2.05) is 43.5 Å². The highest BCUT2D eigenvalue weighted by molar-refractivity contribution is 7.98. The normalized spacial score (nSPS) is 12.6. The number of hydrogen-bond donors (Lipinski definition) is 2. The Morgan fingerprint density at radius 2 is 1.93 bits per heavy atom. The average Bonchev–Trinajstić information content (AvgIpc) is 2.64. The third-order valence-electron chi connectivity index (χ3n) is 4.20. The number of halogens is 1. The monoisotopic (exact) mass is 408 g/mol. The molecule has 0 aliphatic heterocycles. The fourth-order valence-corrected chi connectivity index (χ4v) is 3.09. The molecule has 3 N–H and O–H groups in total. The molecule has 4 nitrogen and oxygen atoms in total. The smallest absolute Gasteiger partial charge is 0.237 e. The molecule has 2 aromatic rings. The number of ether oxygens (including phenoxy) is 1. The van der Waals surface area contributed by atoms with Crippen LogP contribution >= 0.6 is 24.2 Å². The van der Waals surface area contributed by atoms with E-state index < -0.39 is 6.04 Å². The zero-order valence-electron chi connectivity index (χ0n) is 16.1. The Labute approximate surface area is 172 Å². The molecule has 0 fully saturated rings. The highest BCUT2D eigenvalue weighted by Gasteiger charge is 2.16. The summed E-state index contributed by atoms with van der Waals surface area (Å²) in [6, 6.07) is 15.5. The minimum absolute atomic E-state index is 0. The molecule has 0 spiro atoms. The fraction of sp³-hybridized carbons (Fsp3) is 0.381. The molecule has 1 unspecified atom stereocenters. The van der Waals surface area contributed by atoms with Crippen molar-refractivity contribution in [2.75, 3.05) is 12.0 Å². The molecule has 0 saturated carbocycles. The summed E-state index contributed by atoms with van der Waals surface area (Å²) in [4.78, 5) is 12.1. The van der Waals surface area contributed by atoms with Gasteiger partial charge >= 0.3 is 0 Å². The van der Waals surface area contributed by atoms with Gasteiger partial charge in [-0.15, -0.1) is 12.4 Å². The first-order valence-corrected chi connectivity index (χ1v) is 10.2. The van der Waals surface area contributed by atoms with E-state index in [1.54, 1.807) is 11.8 Å². The van der Waals surface area contributed by atoms with Crippen molar-refractivity contribution < 1.29 is 9.53 Å². The molecule has 0 aromatic heterocycles. The summed E-state index contributed by atoms with van der Waals surface area (Å²) in [6.45, 7) is 4.57. The van der Waals surface area contributed by atoms with Gasteiger partial charge in [0.1, 0.15) is 12.4 Å². The third kappa shape index (κ3) is 7.83. The molecule has 2 rings (SSSR count). The van der Waals surface area contributed by atoms with Crippen molar-refractivity contribution in [1.29, 1.82) is 0 Å². The number of hydrogen-bond acceptors (Lipinski definition) is 4. The average molecular weight is 409 g/mol. The van der Waals surface area contributed by atoms with Crippen molar-refractivity contribution in [3.8, 4) is 5.75 Å². The molecule has 148 valence electrons. The van der Waals surface area contributed by atoms with Crippen LogP contribution in [-0.2, 0) is 11.4 Å². The second-order valence-electron chi connectivity index (χ2n) is 6.47. The van der Waals surface area contributed by atoms with Gasteiger partial charge in [0.25, 0.3) is 0 Å². The highest BCUT2D eigenvalue weighted by atomic mass is 35.5. The standard InChI is InChI=1S/C21H28N2O2S.ClH/c1-15-5-4-6-17(13-15)14-25-19-9-7-18(8-10-19)16(2)23-21(24)20(22)11-12-26-3;/h4-10,13,16,20H,11-12,14,22H2,1-3H3,(H,23,24);1H/t16?,20-;/m0./s1. The Morgan fingerprint density at radius 3 is 2.56 bits per heavy atom. The molecule has 0 aliphatic carbocycles. The van der Waals surface area contributed by atoms with Gasteiger partial charge in [-0.1, -0.05) is 42.0 Å². The predicted octanol–water partition coefficient (Wildman–Crippen LogP) is 4.25. The largest absolute Gasteiger partial charge is 0.489 e. The molecule has 0 bridgehead atoms. The zero-order chi connectivity index (χ0) is 18.9. The molecule has 0 radical (unpaired) electrons. The van der Waals surface area contributed by atoms with Crippen LogP contribution in [0.5, 0.6) is 5.75 Å². The van der Waals surface area contributed by atoms with Crippen LogP contribution in [-0.4, -0.2) is 24.0 Å². The topological polar surface area (TPSA) is 64.4 Å². The lowest BCUT2D eigenvalue weighted by atomic mass is 10.1. The molecule has 27 heavy (non-hydrogen) atoms. The van der Waals surface area contributed by atoms with Crippen LogP contribution in [0.15, 0.2) is 48.5 Å². The molecule has 0 saturated heterocycles. The van der Waals surface area contributed by atoms with Gasteiger partial charge in [0, 0.05) is 0 Å². The zero-order valence-corrected chi connectivity index (χ0v) is 17.7. The van der Waals surface area contributed by atoms with Crippen molar-refractivity contribution in [3.05, 3.63) is 65.2 Å². The van der Waals surface area contributed by atoms with Gasteiger partial charge in [-0.25, -0.2) is 0 Å². The Hall–Kier alpha value is -1.69. The van der Waals surface area contributed by atoms with Crippen molar-refractivity contribution in [2.24, 2.45) is 5.73 Å². The third-order valence-corrected chi connectivity index (χ3v) is 4.84. The van der Waals surface area contributed by atoms with E-state index >= 15 is 0 Å². The van der Waals surface area contributed by atoms with E-state index in [0.717, 1.165) is 22.6 Å². The number of carbonyl (C=O) groups excluding carboxylic acids is 1. The number of thioether (sulfide) groups is 1. The van der Waals surface area contributed by atoms with Gasteiger partial charge in [-0.2, -0.15) is 11.8 Å². The van der Waals surface area contributed by atoms with E-state index in [4.69, 9.17) is 10.5 Å². The molecular weight excluding hydrogens is 380 g/mol. The molecule has 2 aromatic carbocycles. The Bertz CT molecular complexity index is 710. The van der Waals surface area contributed by atoms with Crippen molar-refractivity contribution in [1.82, 2.24) is 5.32 Å². The maximum atomic E-state index is 12.1. The van der Waals surface area contributed by atoms with Crippen molar-refractivity contribution >= 4 is 30.1 Å². The Morgan fingerprint density at radius 1 is 1.22 bits per heavy atom. The Kier molecular flexibility index (Phi) is 10.3. The number of carbonyl (C=O) groups is 1. The van der Waals surface area contributed by atoms with E-state index in [9.17, 15) is 4.79 Å². The summed E-state index contributed by atoms with van der Waals surface area (Å²) >= 11 is 1.69. The maximum absolute atomic E-state index is 12.1. The second kappa shape index (κ2) is 11.9. The molecule has 6 heteroatoms. The molecule has 0 heterocycles. The van der Waals surface area contributed by atoms with Gasteiger partial charge in [0.15, 0.2) is 0 Å². The van der Waals surface area contributed by atoms with Crippen molar-refractivity contribution in [3.63, 3.8) is 0 Å². The number of benzene rings is 2. The van der Waals surface area contributed by atoms with Crippen LogP contribution in [0, 0.1) is 6.92 Å². The number of amides is 1. The predicted molar refractivity (Wildman–Crippen MR) is 117 cm³/mol. The van der Waals surface area contributed by atoms with Gasteiger partial charge in [0.05, 0.1) is 12.1 Å². The van der Waals surface area contributed by atoms with Gasteiger partial charge in [0.2, 0.25) is 5.91 Å². The van der Waals surface area contributed by atoms with E-state index in [1.165, 1.54) is 5.56 Å². The fourth-order valence-electron chi connectivity index (χ4n) is 2.60. The molecule has 0 aliphatic rings. The SMILES string of the molecule is CSCC[C@H](N)C(=O)NC(C)c1ccc(OCc2cccc(C)c2)cc1.Cl. The summed E-state index contributed by atoms with van der Waals surface area (Å²) in [6.07, 6.45) is 2.70. The van der Waals surface area contributed by atoms with Gasteiger partial charge in [-0.05, 0) is 55.5 Å². The molecule has 2 atom stereocenters. The summed E-state index contributed by atoms with van der Waals surface area (Å²) in [7, 11) is 0. The number of rotatable bonds is 9. The van der Waals surface area contributed by atoms with Crippen LogP contribution in [0.1, 0.15) is 36.1 Å². The van der Waals surface area contributed by atoms with Crippen LogP contribution in [0.25, 0.3) is 0 Å². The summed E-state index contributed by atoms with van der Waals surface area (Å²) < 4.78 is 5.84. The van der Waals surface area contributed by atoms with Crippen LogP contribution in [0.4, 0.5) is 0 Å². The Balaban J connectivity index is 0.00000364. The summed E-state index contributed by atoms with van der Waals surface area (Å²) in [5.74, 6) is 1.59. The minimum Gasteiger partial charge on any atom is -0.489 e. The number of aryl methyl sites for hydroxylation is 1. The highest BCUT2D eigenvalue weighted by Crippen LogP contribution is 2.19. The van der Waals surface area contributed by atoms with Crippen LogP contribution in [0.2, 0.25) is 0 Å². The minimum atomic E-state index is -0.457. The first-order valence-electron chi connectivity index (χ1n) is 8.83. The summed E-state index contributed by atoms with van der Waals surface area (Å²) in [5.41, 5.74) is 9.31. The number of nitrogens with two attached hydrogens (primary N) is 1. The van der Waals surface area contributed by atoms with E-state index in [-0.39, 0.29) is 24.4 Å². The number of nitrogens with one attached hydrogen (secondary N) is 1. The summed E-state index contributed by atoms with van der Waals surface area (Å²) in [5, 5.41) is 2.97.